The van der Waals surface area contributed by atoms with E-state index in [4.69, 9.17) is 4.43 Å². The van der Waals surface area contributed by atoms with Gasteiger partial charge in [0, 0.05) is 12.5 Å². The minimum absolute atomic E-state index is 0.0381. The average Bonchev–Trinajstić information content (AvgIpc) is 2.79. The number of benzene rings is 2. The Labute approximate surface area is 216 Å². The third-order valence-electron chi connectivity index (χ3n) is 7.45. The standard InChI is InChI=1S/C26H37NO6S2Si/c1-20(33-36(5,6)25(2,3)4)19-23-26(18-17-24(28)27-23,34(29,30)21-13-9-7-10-14-21)35(31,32)22-15-11-8-12-16-22/h7-16,20,23H,17-19H2,1-6H3,(H,27,28)/t20-,23+/m0/s1. The quantitative estimate of drug-likeness (QED) is 0.476. The molecule has 0 saturated carbocycles. The fraction of sp³-hybridized carbons (Fsp3) is 0.500. The van der Waals surface area contributed by atoms with Crippen molar-refractivity contribution in [3.05, 3.63) is 60.7 Å². The number of hydrogen-bond donors (Lipinski definition) is 1. The molecule has 0 bridgehead atoms. The molecule has 10 heteroatoms. The molecule has 7 nitrogen and oxygen atoms in total. The predicted molar refractivity (Wildman–Crippen MR) is 144 cm³/mol. The number of carbonyl (C=O) groups excluding carboxylic acids is 1. The molecule has 0 spiro atoms. The van der Waals surface area contributed by atoms with Gasteiger partial charge in [-0.2, -0.15) is 0 Å². The fourth-order valence-electron chi connectivity index (χ4n) is 4.52. The van der Waals surface area contributed by atoms with Crippen LogP contribution in [-0.2, 0) is 28.9 Å². The van der Waals surface area contributed by atoms with E-state index in [0.29, 0.717) is 0 Å². The van der Waals surface area contributed by atoms with Crippen LogP contribution in [0.15, 0.2) is 70.5 Å². The SMILES string of the molecule is C[C@@H](C[C@H]1NC(=O)CCC1(S(=O)(=O)c1ccccc1)S(=O)(=O)c1ccccc1)O[Si](C)(C)C(C)(C)C. The van der Waals surface area contributed by atoms with E-state index in [0.717, 1.165) is 0 Å². The van der Waals surface area contributed by atoms with Crippen LogP contribution < -0.4 is 5.32 Å². The third kappa shape index (κ3) is 5.05. The van der Waals surface area contributed by atoms with Gasteiger partial charge < -0.3 is 9.74 Å². The summed E-state index contributed by atoms with van der Waals surface area (Å²) >= 11 is 0. The molecule has 0 aliphatic carbocycles. The van der Waals surface area contributed by atoms with E-state index in [1.807, 2.05) is 6.92 Å². The van der Waals surface area contributed by atoms with Gasteiger partial charge in [0.05, 0.1) is 15.8 Å². The van der Waals surface area contributed by atoms with Crippen LogP contribution in [0.1, 0.15) is 47.0 Å². The van der Waals surface area contributed by atoms with E-state index in [2.05, 4.69) is 39.2 Å². The Morgan fingerprint density at radius 1 is 0.944 bits per heavy atom. The molecule has 1 aliphatic heterocycles. The molecule has 1 heterocycles. The lowest BCUT2D eigenvalue weighted by atomic mass is 9.98. The topological polar surface area (TPSA) is 107 Å². The summed E-state index contributed by atoms with van der Waals surface area (Å²) in [7, 11) is -11.2. The van der Waals surface area contributed by atoms with Crippen molar-refractivity contribution in [3.63, 3.8) is 0 Å². The Kier molecular flexibility index (Phi) is 7.96. The predicted octanol–water partition coefficient (Wildman–Crippen LogP) is 4.71. The number of sulfone groups is 2. The van der Waals surface area contributed by atoms with Crippen LogP contribution in [0.2, 0.25) is 18.1 Å². The maximum Gasteiger partial charge on any atom is 0.220 e. The molecule has 0 unspecified atom stereocenters. The highest BCUT2D eigenvalue weighted by atomic mass is 32.3. The Balaban J connectivity index is 2.21. The van der Waals surface area contributed by atoms with Crippen molar-refractivity contribution < 1.29 is 26.1 Å². The van der Waals surface area contributed by atoms with Gasteiger partial charge in [-0.25, -0.2) is 16.8 Å². The third-order valence-corrected chi connectivity index (χ3v) is 18.0. The van der Waals surface area contributed by atoms with Crippen LogP contribution in [0, 0.1) is 0 Å². The zero-order valence-corrected chi connectivity index (χ0v) is 24.4. The Bertz CT molecular complexity index is 1220. The smallest absolute Gasteiger partial charge is 0.220 e. The van der Waals surface area contributed by atoms with Crippen LogP contribution in [-0.4, -0.2) is 47.3 Å². The minimum atomic E-state index is -4.47. The minimum Gasteiger partial charge on any atom is -0.414 e. The first-order valence-electron chi connectivity index (χ1n) is 12.1. The lowest BCUT2D eigenvalue weighted by Gasteiger charge is -2.45. The van der Waals surface area contributed by atoms with Gasteiger partial charge in [-0.1, -0.05) is 57.2 Å². The largest absolute Gasteiger partial charge is 0.414 e. The highest BCUT2D eigenvalue weighted by Crippen LogP contribution is 2.46. The molecule has 1 fully saturated rings. The second-order valence-corrected chi connectivity index (χ2v) is 20.4. The van der Waals surface area contributed by atoms with E-state index in [-0.39, 0.29) is 40.0 Å². The molecule has 1 aliphatic rings. The van der Waals surface area contributed by atoms with Crippen LogP contribution >= 0.6 is 0 Å². The van der Waals surface area contributed by atoms with Crippen molar-refractivity contribution >= 4 is 33.9 Å². The van der Waals surface area contributed by atoms with E-state index in [9.17, 15) is 21.6 Å². The summed E-state index contributed by atoms with van der Waals surface area (Å²) in [5, 5.41) is 2.66. The van der Waals surface area contributed by atoms with E-state index < -0.39 is 44.2 Å². The molecular weight excluding hydrogens is 515 g/mol. The van der Waals surface area contributed by atoms with Crippen LogP contribution in [0.25, 0.3) is 0 Å². The van der Waals surface area contributed by atoms with Crippen molar-refractivity contribution in [2.24, 2.45) is 0 Å². The van der Waals surface area contributed by atoms with Gasteiger partial charge in [-0.05, 0) is 62.2 Å². The van der Waals surface area contributed by atoms with Crippen molar-refractivity contribution in [3.8, 4) is 0 Å². The number of hydrogen-bond acceptors (Lipinski definition) is 6. The molecule has 2 aromatic rings. The molecular formula is C26H37NO6S2Si. The van der Waals surface area contributed by atoms with E-state index >= 15 is 0 Å². The van der Waals surface area contributed by atoms with Gasteiger partial charge in [0.25, 0.3) is 0 Å². The second kappa shape index (κ2) is 10.0. The van der Waals surface area contributed by atoms with Crippen LogP contribution in [0.5, 0.6) is 0 Å². The summed E-state index contributed by atoms with van der Waals surface area (Å²) in [4.78, 5) is 12.4. The van der Waals surface area contributed by atoms with E-state index in [1.54, 1.807) is 36.4 Å². The Hall–Kier alpha value is -2.01. The number of carbonyl (C=O) groups is 1. The first-order chi connectivity index (χ1) is 16.6. The number of amides is 1. The lowest BCUT2D eigenvalue weighted by Crippen LogP contribution is -2.65. The summed E-state index contributed by atoms with van der Waals surface area (Å²) in [5.41, 5.74) is 0. The molecule has 1 amide bonds. The highest BCUT2D eigenvalue weighted by molar-refractivity contribution is 8.10. The van der Waals surface area contributed by atoms with Crippen LogP contribution in [0.3, 0.4) is 0 Å². The summed E-state index contributed by atoms with van der Waals surface area (Å²) < 4.78 is 61.4. The number of piperidine rings is 1. The molecule has 0 radical (unpaired) electrons. The van der Waals surface area contributed by atoms with Crippen LogP contribution in [0.4, 0.5) is 0 Å². The summed E-state index contributed by atoms with van der Waals surface area (Å²) in [5.74, 6) is -0.373. The average molecular weight is 552 g/mol. The normalized spacial score (nSPS) is 19.9. The zero-order chi connectivity index (χ0) is 27.0. The second-order valence-electron chi connectivity index (χ2n) is 11.0. The Morgan fingerprint density at radius 3 is 1.81 bits per heavy atom. The number of rotatable bonds is 8. The summed E-state index contributed by atoms with van der Waals surface area (Å²) in [6.07, 6.45) is -1.00. The maximum absolute atomic E-state index is 14.3. The van der Waals surface area contributed by atoms with Crippen molar-refractivity contribution in [1.29, 1.82) is 0 Å². The van der Waals surface area contributed by atoms with Gasteiger partial charge in [0.15, 0.2) is 8.32 Å². The molecule has 2 aromatic carbocycles. The molecule has 1 saturated heterocycles. The molecule has 0 aromatic heterocycles. The van der Waals surface area contributed by atoms with Gasteiger partial charge in [-0.15, -0.1) is 0 Å². The van der Waals surface area contributed by atoms with Crippen molar-refractivity contribution in [1.82, 2.24) is 5.32 Å². The summed E-state index contributed by atoms with van der Waals surface area (Å²) in [6.45, 7) is 12.3. The molecule has 36 heavy (non-hydrogen) atoms. The molecule has 198 valence electrons. The van der Waals surface area contributed by atoms with Gasteiger partial charge in [0.2, 0.25) is 29.7 Å². The Morgan fingerprint density at radius 2 is 1.39 bits per heavy atom. The zero-order valence-electron chi connectivity index (χ0n) is 21.8. The van der Waals surface area contributed by atoms with Gasteiger partial charge in [-0.3, -0.25) is 4.79 Å². The number of nitrogens with one attached hydrogen (secondary N) is 1. The monoisotopic (exact) mass is 551 g/mol. The lowest BCUT2D eigenvalue weighted by molar-refractivity contribution is -0.123. The van der Waals surface area contributed by atoms with E-state index in [1.165, 1.54) is 24.3 Å². The van der Waals surface area contributed by atoms with Crippen molar-refractivity contribution in [2.75, 3.05) is 0 Å². The molecule has 1 N–H and O–H groups in total. The highest BCUT2D eigenvalue weighted by Gasteiger charge is 2.63. The van der Waals surface area contributed by atoms with Gasteiger partial charge in [0.1, 0.15) is 0 Å². The first-order valence-corrected chi connectivity index (χ1v) is 18.0. The molecule has 3 rings (SSSR count). The van der Waals surface area contributed by atoms with Gasteiger partial charge >= 0.3 is 0 Å². The van der Waals surface area contributed by atoms with Crippen molar-refractivity contribution in [2.45, 2.75) is 91.1 Å². The molecule has 2 atom stereocenters. The fourth-order valence-corrected chi connectivity index (χ4v) is 11.3. The summed E-state index contributed by atoms with van der Waals surface area (Å²) in [6, 6.07) is 14.0. The first kappa shape index (κ1) is 28.6. The maximum atomic E-state index is 14.3.